The summed E-state index contributed by atoms with van der Waals surface area (Å²) in [6.07, 6.45) is 0. The largest absolute Gasteiger partial charge is 0.325 e. The Balaban J connectivity index is 2.15. The summed E-state index contributed by atoms with van der Waals surface area (Å²) >= 11 is 7.78. The number of aryl methyl sites for hydroxylation is 1. The fraction of sp³-hybridized carbons (Fsp3) is 0.188. The molecule has 3 rings (SSSR count). The number of amides is 1. The van der Waals surface area contributed by atoms with Crippen LogP contribution in [0.4, 0.5) is 5.69 Å². The van der Waals surface area contributed by atoms with Crippen molar-refractivity contribution < 1.29 is 4.79 Å². The monoisotopic (exact) mass is 303 g/mol. The van der Waals surface area contributed by atoms with Crippen molar-refractivity contribution in [1.29, 1.82) is 0 Å². The summed E-state index contributed by atoms with van der Waals surface area (Å²) in [5.74, 6) is 0.486. The minimum absolute atomic E-state index is 0.0367. The topological polar surface area (TPSA) is 29.1 Å². The minimum Gasteiger partial charge on any atom is -0.325 e. The van der Waals surface area contributed by atoms with Gasteiger partial charge in [-0.05, 0) is 41.8 Å². The van der Waals surface area contributed by atoms with Crippen molar-refractivity contribution >= 4 is 35.0 Å². The van der Waals surface area contributed by atoms with Crippen LogP contribution in [-0.2, 0) is 4.79 Å². The molecule has 2 nitrogen and oxygen atoms in total. The lowest BCUT2D eigenvalue weighted by atomic mass is 9.98. The predicted molar refractivity (Wildman–Crippen MR) is 85.6 cm³/mol. The van der Waals surface area contributed by atoms with Crippen LogP contribution in [0.1, 0.15) is 21.9 Å². The fourth-order valence-corrected chi connectivity index (χ4v) is 3.83. The number of rotatable bonds is 1. The number of carbonyl (C=O) groups excluding carboxylic acids is 1. The van der Waals surface area contributed by atoms with E-state index in [-0.39, 0.29) is 11.2 Å². The van der Waals surface area contributed by atoms with Gasteiger partial charge in [-0.3, -0.25) is 4.79 Å². The van der Waals surface area contributed by atoms with E-state index in [1.165, 1.54) is 11.1 Å². The van der Waals surface area contributed by atoms with Gasteiger partial charge in [0.2, 0.25) is 5.91 Å². The van der Waals surface area contributed by atoms with Crippen molar-refractivity contribution in [3.63, 3.8) is 0 Å². The number of nitrogens with one attached hydrogen (secondary N) is 1. The standard InChI is InChI=1S/C16H14ClNOS/c1-10-4-2-3-5-12(10)16-13-8-11(17)6-7-14(13)18-15(19)9-20-16/h2-8,16H,9H2,1H3,(H,18,19)/t16-/m1/s1. The normalized spacial score (nSPS) is 18.1. The molecule has 4 heteroatoms. The maximum Gasteiger partial charge on any atom is 0.234 e. The van der Waals surface area contributed by atoms with Crippen molar-refractivity contribution in [2.45, 2.75) is 12.2 Å². The molecule has 20 heavy (non-hydrogen) atoms. The number of thioether (sulfide) groups is 1. The van der Waals surface area contributed by atoms with E-state index < -0.39 is 0 Å². The Labute approximate surface area is 127 Å². The summed E-state index contributed by atoms with van der Waals surface area (Å²) < 4.78 is 0. The summed E-state index contributed by atoms with van der Waals surface area (Å²) in [4.78, 5) is 11.8. The van der Waals surface area contributed by atoms with Crippen molar-refractivity contribution in [1.82, 2.24) is 0 Å². The first kappa shape index (κ1) is 13.5. The Morgan fingerprint density at radius 3 is 2.80 bits per heavy atom. The number of anilines is 1. The van der Waals surface area contributed by atoms with Crippen LogP contribution >= 0.6 is 23.4 Å². The quantitative estimate of drug-likeness (QED) is 0.845. The molecule has 0 spiro atoms. The van der Waals surface area contributed by atoms with Gasteiger partial charge in [0.05, 0.1) is 11.0 Å². The van der Waals surface area contributed by atoms with Crippen LogP contribution in [0, 0.1) is 6.92 Å². The maximum absolute atomic E-state index is 11.8. The van der Waals surface area contributed by atoms with Gasteiger partial charge in [0, 0.05) is 10.7 Å². The van der Waals surface area contributed by atoms with Crippen molar-refractivity contribution in [3.05, 3.63) is 64.2 Å². The number of benzene rings is 2. The molecule has 1 amide bonds. The zero-order valence-electron chi connectivity index (χ0n) is 11.0. The molecule has 0 radical (unpaired) electrons. The summed E-state index contributed by atoms with van der Waals surface area (Å²) in [5, 5.41) is 3.77. The van der Waals surface area contributed by atoms with Gasteiger partial charge in [0.25, 0.3) is 0 Å². The van der Waals surface area contributed by atoms with E-state index in [2.05, 4.69) is 24.4 Å². The van der Waals surface area contributed by atoms with Crippen LogP contribution in [0.5, 0.6) is 0 Å². The SMILES string of the molecule is Cc1ccccc1[C@H]1SCC(=O)Nc2ccc(Cl)cc21. The third-order valence-electron chi connectivity index (χ3n) is 3.42. The molecule has 2 aromatic carbocycles. The van der Waals surface area contributed by atoms with Gasteiger partial charge < -0.3 is 5.32 Å². The number of halogens is 1. The molecule has 1 atom stereocenters. The van der Waals surface area contributed by atoms with Gasteiger partial charge in [-0.1, -0.05) is 35.9 Å². The van der Waals surface area contributed by atoms with Crippen LogP contribution < -0.4 is 5.32 Å². The van der Waals surface area contributed by atoms with Gasteiger partial charge in [-0.25, -0.2) is 0 Å². The van der Waals surface area contributed by atoms with Crippen LogP contribution in [0.25, 0.3) is 0 Å². The molecule has 102 valence electrons. The summed E-state index contributed by atoms with van der Waals surface area (Å²) in [7, 11) is 0. The van der Waals surface area contributed by atoms with Gasteiger partial charge in [0.1, 0.15) is 0 Å². The Hall–Kier alpha value is -1.45. The molecule has 1 aliphatic rings. The smallest absolute Gasteiger partial charge is 0.234 e. The molecule has 0 saturated carbocycles. The Morgan fingerprint density at radius 2 is 2.00 bits per heavy atom. The predicted octanol–water partition coefficient (Wildman–Crippen LogP) is 4.42. The highest BCUT2D eigenvalue weighted by Crippen LogP contribution is 2.43. The molecule has 0 unspecified atom stereocenters. The van der Waals surface area contributed by atoms with Crippen LogP contribution in [0.3, 0.4) is 0 Å². The van der Waals surface area contributed by atoms with E-state index in [1.807, 2.05) is 30.3 Å². The molecule has 2 aromatic rings. The van der Waals surface area contributed by atoms with Gasteiger partial charge in [-0.15, -0.1) is 11.8 Å². The number of hydrogen-bond donors (Lipinski definition) is 1. The summed E-state index contributed by atoms with van der Waals surface area (Å²) in [6.45, 7) is 2.10. The first-order valence-corrected chi connectivity index (χ1v) is 7.84. The second kappa shape index (κ2) is 5.51. The summed E-state index contributed by atoms with van der Waals surface area (Å²) in [6, 6.07) is 13.9. The molecular formula is C16H14ClNOS. The van der Waals surface area contributed by atoms with Crippen LogP contribution in [-0.4, -0.2) is 11.7 Å². The van der Waals surface area contributed by atoms with E-state index in [9.17, 15) is 4.79 Å². The van der Waals surface area contributed by atoms with Crippen molar-refractivity contribution in [3.8, 4) is 0 Å². The fourth-order valence-electron chi connectivity index (χ4n) is 2.44. The lowest BCUT2D eigenvalue weighted by Gasteiger charge is -2.19. The highest BCUT2D eigenvalue weighted by atomic mass is 35.5. The van der Waals surface area contributed by atoms with E-state index in [0.29, 0.717) is 10.8 Å². The highest BCUT2D eigenvalue weighted by molar-refractivity contribution is 8.00. The average Bonchev–Trinajstić information content (AvgIpc) is 2.58. The maximum atomic E-state index is 11.8. The molecule has 0 saturated heterocycles. The zero-order valence-corrected chi connectivity index (χ0v) is 12.6. The average molecular weight is 304 g/mol. The molecule has 0 fully saturated rings. The zero-order chi connectivity index (χ0) is 14.1. The Morgan fingerprint density at radius 1 is 1.20 bits per heavy atom. The molecule has 0 aromatic heterocycles. The van der Waals surface area contributed by atoms with Gasteiger partial charge >= 0.3 is 0 Å². The third-order valence-corrected chi connectivity index (χ3v) is 4.93. The second-order valence-electron chi connectivity index (χ2n) is 4.83. The first-order valence-electron chi connectivity index (χ1n) is 6.41. The second-order valence-corrected chi connectivity index (χ2v) is 6.36. The van der Waals surface area contributed by atoms with Gasteiger partial charge in [0.15, 0.2) is 0 Å². The highest BCUT2D eigenvalue weighted by Gasteiger charge is 2.25. The molecule has 1 aliphatic heterocycles. The number of carbonyl (C=O) groups is 1. The first-order chi connectivity index (χ1) is 9.65. The van der Waals surface area contributed by atoms with Crippen LogP contribution in [0.15, 0.2) is 42.5 Å². The lowest BCUT2D eigenvalue weighted by Crippen LogP contribution is -2.12. The van der Waals surface area contributed by atoms with Crippen molar-refractivity contribution in [2.75, 3.05) is 11.1 Å². The molecule has 1 N–H and O–H groups in total. The summed E-state index contributed by atoms with van der Waals surface area (Å²) in [5.41, 5.74) is 4.39. The van der Waals surface area contributed by atoms with E-state index in [1.54, 1.807) is 11.8 Å². The third kappa shape index (κ3) is 2.56. The number of hydrogen-bond acceptors (Lipinski definition) is 2. The molecule has 0 bridgehead atoms. The van der Waals surface area contributed by atoms with Crippen LogP contribution in [0.2, 0.25) is 5.02 Å². The molecular weight excluding hydrogens is 290 g/mol. The van der Waals surface area contributed by atoms with E-state index in [0.717, 1.165) is 11.3 Å². The lowest BCUT2D eigenvalue weighted by molar-refractivity contribution is -0.113. The minimum atomic E-state index is 0.0367. The molecule has 1 heterocycles. The Kier molecular flexibility index (Phi) is 3.72. The molecule has 0 aliphatic carbocycles. The van der Waals surface area contributed by atoms with E-state index >= 15 is 0 Å². The number of fused-ring (bicyclic) bond motifs is 1. The van der Waals surface area contributed by atoms with E-state index in [4.69, 9.17) is 11.6 Å². The Bertz CT molecular complexity index is 671. The van der Waals surface area contributed by atoms with Crippen molar-refractivity contribution in [2.24, 2.45) is 0 Å². The van der Waals surface area contributed by atoms with Gasteiger partial charge in [-0.2, -0.15) is 0 Å².